The topological polar surface area (TPSA) is 67.9 Å². The lowest BCUT2D eigenvalue weighted by Gasteiger charge is -2.31. The Morgan fingerprint density at radius 2 is 1.62 bits per heavy atom. The Morgan fingerprint density at radius 1 is 0.912 bits per heavy atom. The summed E-state index contributed by atoms with van der Waals surface area (Å²) in [5.74, 6) is 0.848. The second kappa shape index (κ2) is 12.4. The van der Waals surface area contributed by atoms with Crippen LogP contribution in [0.5, 0.6) is 11.5 Å². The molecule has 6 heteroatoms. The second-order valence-corrected chi connectivity index (χ2v) is 8.08. The zero-order valence-corrected chi connectivity index (χ0v) is 20.0. The first-order valence-corrected chi connectivity index (χ1v) is 11.4. The minimum atomic E-state index is -0.692. The van der Waals surface area contributed by atoms with Gasteiger partial charge in [0.05, 0.1) is 7.11 Å². The molecule has 0 aromatic heterocycles. The van der Waals surface area contributed by atoms with Gasteiger partial charge in [-0.15, -0.1) is 0 Å². The molecule has 0 aliphatic rings. The van der Waals surface area contributed by atoms with Gasteiger partial charge in [-0.1, -0.05) is 54.6 Å². The molecule has 1 atom stereocenters. The van der Waals surface area contributed by atoms with Gasteiger partial charge in [-0.25, -0.2) is 0 Å². The van der Waals surface area contributed by atoms with Crippen molar-refractivity contribution in [3.05, 3.63) is 95.6 Å². The molecule has 0 heterocycles. The maximum absolute atomic E-state index is 13.5. The molecule has 0 spiro atoms. The van der Waals surface area contributed by atoms with E-state index in [2.05, 4.69) is 5.32 Å². The minimum absolute atomic E-state index is 0.169. The van der Waals surface area contributed by atoms with Crippen molar-refractivity contribution in [1.29, 1.82) is 0 Å². The van der Waals surface area contributed by atoms with Crippen LogP contribution < -0.4 is 14.8 Å². The fraction of sp³-hybridized carbons (Fsp3) is 0.286. The fourth-order valence-corrected chi connectivity index (χ4v) is 3.75. The van der Waals surface area contributed by atoms with Crippen LogP contribution in [0.15, 0.2) is 78.9 Å². The quantitative estimate of drug-likeness (QED) is 0.467. The molecule has 34 heavy (non-hydrogen) atoms. The Bertz CT molecular complexity index is 1080. The van der Waals surface area contributed by atoms with Crippen LogP contribution in [-0.4, -0.2) is 43.0 Å². The molecule has 2 amide bonds. The number of methoxy groups -OCH3 is 1. The molecular weight excluding hydrogens is 428 g/mol. The second-order valence-electron chi connectivity index (χ2n) is 8.08. The largest absolute Gasteiger partial charge is 0.497 e. The van der Waals surface area contributed by atoms with Gasteiger partial charge in [0, 0.05) is 19.5 Å². The Balaban J connectivity index is 1.90. The SMILES string of the molecule is CCNC(=O)[C@H](Cc1ccccc1)N(Cc1cccc(OC)c1)C(=O)COc1cccc(C)c1. The van der Waals surface area contributed by atoms with Crippen molar-refractivity contribution in [1.82, 2.24) is 10.2 Å². The van der Waals surface area contributed by atoms with Gasteiger partial charge in [-0.05, 0) is 54.8 Å². The van der Waals surface area contributed by atoms with E-state index >= 15 is 0 Å². The van der Waals surface area contributed by atoms with E-state index in [4.69, 9.17) is 9.47 Å². The van der Waals surface area contributed by atoms with Crippen molar-refractivity contribution >= 4 is 11.8 Å². The van der Waals surface area contributed by atoms with Gasteiger partial charge < -0.3 is 19.7 Å². The van der Waals surface area contributed by atoms with Gasteiger partial charge in [0.15, 0.2) is 6.61 Å². The van der Waals surface area contributed by atoms with Crippen LogP contribution in [-0.2, 0) is 22.6 Å². The van der Waals surface area contributed by atoms with Crippen LogP contribution >= 0.6 is 0 Å². The maximum Gasteiger partial charge on any atom is 0.261 e. The number of amides is 2. The number of benzene rings is 3. The third-order valence-corrected chi connectivity index (χ3v) is 5.46. The number of nitrogens with zero attached hydrogens (tertiary/aromatic N) is 1. The summed E-state index contributed by atoms with van der Waals surface area (Å²) >= 11 is 0. The first kappa shape index (κ1) is 24.8. The molecule has 3 aromatic rings. The van der Waals surface area contributed by atoms with E-state index in [1.165, 1.54) is 0 Å². The highest BCUT2D eigenvalue weighted by Gasteiger charge is 2.30. The van der Waals surface area contributed by atoms with Crippen LogP contribution in [0.3, 0.4) is 0 Å². The average Bonchev–Trinajstić information content (AvgIpc) is 2.85. The van der Waals surface area contributed by atoms with Gasteiger partial charge in [-0.2, -0.15) is 0 Å². The molecule has 0 bridgehead atoms. The zero-order chi connectivity index (χ0) is 24.3. The first-order chi connectivity index (χ1) is 16.5. The number of carbonyl (C=O) groups excluding carboxylic acids is 2. The van der Waals surface area contributed by atoms with E-state index in [0.717, 1.165) is 16.7 Å². The van der Waals surface area contributed by atoms with Crippen molar-refractivity contribution < 1.29 is 19.1 Å². The van der Waals surface area contributed by atoms with Gasteiger partial charge in [0.2, 0.25) is 5.91 Å². The number of likely N-dealkylation sites (N-methyl/N-ethyl adjacent to an activating group) is 1. The first-order valence-electron chi connectivity index (χ1n) is 11.4. The van der Waals surface area contributed by atoms with Crippen molar-refractivity contribution in [2.75, 3.05) is 20.3 Å². The van der Waals surface area contributed by atoms with E-state index in [1.807, 2.05) is 92.7 Å². The molecule has 0 unspecified atom stereocenters. The Labute approximate surface area is 201 Å². The standard InChI is InChI=1S/C28H32N2O4/c1-4-29-28(32)26(18-22-11-6-5-7-12-22)30(19-23-13-9-14-24(17-23)33-3)27(31)20-34-25-15-8-10-21(2)16-25/h5-17,26H,4,18-20H2,1-3H3,(H,29,32)/t26-/m0/s1. The predicted octanol–water partition coefficient (Wildman–Crippen LogP) is 4.16. The van der Waals surface area contributed by atoms with Crippen molar-refractivity contribution in [3.8, 4) is 11.5 Å². The normalized spacial score (nSPS) is 11.4. The molecule has 0 saturated carbocycles. The summed E-state index contributed by atoms with van der Waals surface area (Å²) in [5, 5.41) is 2.89. The number of hydrogen-bond donors (Lipinski definition) is 1. The summed E-state index contributed by atoms with van der Waals surface area (Å²) in [6.45, 7) is 4.40. The van der Waals surface area contributed by atoms with Crippen LogP contribution in [0.4, 0.5) is 0 Å². The van der Waals surface area contributed by atoms with E-state index in [0.29, 0.717) is 24.5 Å². The van der Waals surface area contributed by atoms with Crippen molar-refractivity contribution in [2.45, 2.75) is 32.9 Å². The molecule has 178 valence electrons. The van der Waals surface area contributed by atoms with Gasteiger partial charge in [0.1, 0.15) is 17.5 Å². The average molecular weight is 461 g/mol. The summed E-state index contributed by atoms with van der Waals surface area (Å²) in [5.41, 5.74) is 2.88. The van der Waals surface area contributed by atoms with E-state index < -0.39 is 6.04 Å². The Morgan fingerprint density at radius 3 is 2.32 bits per heavy atom. The van der Waals surface area contributed by atoms with E-state index in [9.17, 15) is 9.59 Å². The molecule has 3 rings (SSSR count). The summed E-state index contributed by atoms with van der Waals surface area (Å²) in [6, 6.07) is 24.1. The number of nitrogens with one attached hydrogen (secondary N) is 1. The van der Waals surface area contributed by atoms with Crippen molar-refractivity contribution in [3.63, 3.8) is 0 Å². The number of hydrogen-bond acceptors (Lipinski definition) is 4. The molecular formula is C28H32N2O4. The number of carbonyl (C=O) groups is 2. The third kappa shape index (κ3) is 7.10. The molecule has 1 N–H and O–H groups in total. The van der Waals surface area contributed by atoms with Crippen LogP contribution in [0.1, 0.15) is 23.6 Å². The lowest BCUT2D eigenvalue weighted by molar-refractivity contribution is -0.142. The van der Waals surface area contributed by atoms with Gasteiger partial charge in [-0.3, -0.25) is 9.59 Å². The summed E-state index contributed by atoms with van der Waals surface area (Å²) < 4.78 is 11.2. The van der Waals surface area contributed by atoms with Crippen LogP contribution in [0.2, 0.25) is 0 Å². The molecule has 0 aliphatic heterocycles. The molecule has 6 nitrogen and oxygen atoms in total. The molecule has 0 saturated heterocycles. The van der Waals surface area contributed by atoms with Crippen LogP contribution in [0.25, 0.3) is 0 Å². The highest BCUT2D eigenvalue weighted by Crippen LogP contribution is 2.19. The molecule has 0 fully saturated rings. The monoisotopic (exact) mass is 460 g/mol. The highest BCUT2D eigenvalue weighted by atomic mass is 16.5. The smallest absolute Gasteiger partial charge is 0.261 e. The fourth-order valence-electron chi connectivity index (χ4n) is 3.75. The van der Waals surface area contributed by atoms with E-state index in [1.54, 1.807) is 12.0 Å². The van der Waals surface area contributed by atoms with Gasteiger partial charge in [0.25, 0.3) is 5.91 Å². The van der Waals surface area contributed by atoms with Crippen molar-refractivity contribution in [2.24, 2.45) is 0 Å². The number of aryl methyl sites for hydroxylation is 1. The summed E-state index contributed by atoms with van der Waals surface area (Å²) in [6.07, 6.45) is 0.396. The predicted molar refractivity (Wildman–Crippen MR) is 133 cm³/mol. The molecule has 3 aromatic carbocycles. The number of ether oxygens (including phenoxy) is 2. The molecule has 0 radical (unpaired) electrons. The highest BCUT2D eigenvalue weighted by molar-refractivity contribution is 5.88. The Hall–Kier alpha value is -3.80. The third-order valence-electron chi connectivity index (χ3n) is 5.46. The van der Waals surface area contributed by atoms with Crippen LogP contribution in [0, 0.1) is 6.92 Å². The minimum Gasteiger partial charge on any atom is -0.497 e. The zero-order valence-electron chi connectivity index (χ0n) is 20.0. The summed E-state index contributed by atoms with van der Waals surface area (Å²) in [7, 11) is 1.60. The Kier molecular flexibility index (Phi) is 9.09. The lowest BCUT2D eigenvalue weighted by Crippen LogP contribution is -2.51. The summed E-state index contributed by atoms with van der Waals surface area (Å²) in [4.78, 5) is 28.2. The lowest BCUT2D eigenvalue weighted by atomic mass is 10.0. The number of rotatable bonds is 11. The van der Waals surface area contributed by atoms with E-state index in [-0.39, 0.29) is 25.0 Å². The molecule has 0 aliphatic carbocycles. The van der Waals surface area contributed by atoms with Gasteiger partial charge >= 0.3 is 0 Å². The maximum atomic E-state index is 13.5.